The number of hydrogen-bond acceptors (Lipinski definition) is 6. The molecule has 10 nitrogen and oxygen atoms in total. The van der Waals surface area contributed by atoms with E-state index in [1.165, 1.54) is 20.3 Å². The van der Waals surface area contributed by atoms with Crippen LogP contribution in [0.15, 0.2) is 64.3 Å². The number of rotatable bonds is 8. The number of nitrogens with zero attached hydrogens (tertiary/aromatic N) is 3. The third-order valence-electron chi connectivity index (χ3n) is 7.49. The summed E-state index contributed by atoms with van der Waals surface area (Å²) in [6.45, 7) is 3.26. The molecule has 2 aromatic heterocycles. The predicted octanol–water partition coefficient (Wildman–Crippen LogP) is 4.05. The minimum absolute atomic E-state index is 0.0965. The fraction of sp³-hybridized carbons (Fsp3) is 0.258. The number of carbonyl (C=O) groups excluding carboxylic acids is 2. The summed E-state index contributed by atoms with van der Waals surface area (Å²) in [4.78, 5) is 53.8. The molecular formula is C31H30Cl2N6O4. The lowest BCUT2D eigenvalue weighted by Crippen LogP contribution is -2.40. The second kappa shape index (κ2) is 12.5. The van der Waals surface area contributed by atoms with E-state index in [-0.39, 0.29) is 28.2 Å². The van der Waals surface area contributed by atoms with Gasteiger partial charge in [0.05, 0.1) is 21.4 Å². The highest BCUT2D eigenvalue weighted by Crippen LogP contribution is 2.41. The summed E-state index contributed by atoms with van der Waals surface area (Å²) in [6, 6.07) is 14.8. The Morgan fingerprint density at radius 3 is 2.40 bits per heavy atom. The van der Waals surface area contributed by atoms with Crippen molar-refractivity contribution in [1.82, 2.24) is 24.8 Å². The van der Waals surface area contributed by atoms with E-state index in [9.17, 15) is 19.2 Å². The van der Waals surface area contributed by atoms with Crippen LogP contribution in [0.3, 0.4) is 0 Å². The highest BCUT2D eigenvalue weighted by Gasteiger charge is 2.21. The summed E-state index contributed by atoms with van der Waals surface area (Å²) in [5.41, 5.74) is 3.36. The number of hydrogen-bond donors (Lipinski definition) is 3. The number of amides is 2. The molecule has 43 heavy (non-hydrogen) atoms. The number of pyridine rings is 1. The first kappa shape index (κ1) is 30.2. The molecule has 5 rings (SSSR count). The van der Waals surface area contributed by atoms with E-state index >= 15 is 0 Å². The van der Waals surface area contributed by atoms with Gasteiger partial charge >= 0.3 is 5.69 Å². The van der Waals surface area contributed by atoms with Gasteiger partial charge in [-0.2, -0.15) is 0 Å². The zero-order chi connectivity index (χ0) is 30.8. The minimum Gasteiger partial charge on any atom is -0.352 e. The molecule has 2 amide bonds. The predicted molar refractivity (Wildman–Crippen MR) is 168 cm³/mol. The van der Waals surface area contributed by atoms with E-state index in [1.807, 2.05) is 37.3 Å². The van der Waals surface area contributed by atoms with Crippen LogP contribution < -0.4 is 27.2 Å². The van der Waals surface area contributed by atoms with Gasteiger partial charge in [0, 0.05) is 68.2 Å². The maximum atomic E-state index is 13.0. The Hall–Kier alpha value is -4.25. The average molecular weight is 622 g/mol. The molecule has 1 atom stereocenters. The quantitative estimate of drug-likeness (QED) is 0.273. The smallest absolute Gasteiger partial charge is 0.330 e. The normalized spacial score (nSPS) is 14.5. The standard InChI is InChI=1S/C31H30Cl2N6O4/c1-17-18(14-34-15-19-11-13-26(40)36-19)10-12-24(35-17)22-8-4-6-20(27(22)32)21-7-5-9-25(28(21)33)37-29(41)23-16-38(2)31(43)39(3)30(23)42/h4-10,12,16,19,34H,11,13-15H2,1-3H3,(H,36,40)(H,37,41)/t19-/m0/s1. The van der Waals surface area contributed by atoms with Gasteiger partial charge < -0.3 is 20.5 Å². The Balaban J connectivity index is 1.38. The van der Waals surface area contributed by atoms with E-state index in [0.29, 0.717) is 41.4 Å². The van der Waals surface area contributed by atoms with Crippen molar-refractivity contribution in [2.45, 2.75) is 32.4 Å². The third kappa shape index (κ3) is 6.27. The van der Waals surface area contributed by atoms with E-state index in [4.69, 9.17) is 28.2 Å². The van der Waals surface area contributed by atoms with Crippen molar-refractivity contribution in [3.05, 3.63) is 102 Å². The van der Waals surface area contributed by atoms with Gasteiger partial charge in [-0.25, -0.2) is 4.79 Å². The maximum Gasteiger partial charge on any atom is 0.330 e. The molecule has 222 valence electrons. The molecule has 1 aliphatic heterocycles. The molecule has 1 saturated heterocycles. The third-order valence-corrected chi connectivity index (χ3v) is 8.30. The molecule has 12 heteroatoms. The van der Waals surface area contributed by atoms with Crippen molar-refractivity contribution in [1.29, 1.82) is 0 Å². The van der Waals surface area contributed by atoms with Crippen LogP contribution >= 0.6 is 23.2 Å². The Morgan fingerprint density at radius 1 is 1.00 bits per heavy atom. The lowest BCUT2D eigenvalue weighted by molar-refractivity contribution is -0.119. The zero-order valence-electron chi connectivity index (χ0n) is 23.8. The zero-order valence-corrected chi connectivity index (χ0v) is 25.3. The molecule has 0 aliphatic carbocycles. The molecule has 1 fully saturated rings. The van der Waals surface area contributed by atoms with Gasteiger partial charge in [-0.05, 0) is 31.0 Å². The van der Waals surface area contributed by atoms with Crippen LogP contribution in [0.1, 0.15) is 34.5 Å². The number of anilines is 1. The van der Waals surface area contributed by atoms with Crippen LogP contribution in [0, 0.1) is 6.92 Å². The van der Waals surface area contributed by atoms with Crippen LogP contribution in [-0.2, 0) is 25.4 Å². The van der Waals surface area contributed by atoms with Crippen molar-refractivity contribution in [2.24, 2.45) is 14.1 Å². The second-order valence-corrected chi connectivity index (χ2v) is 11.2. The fourth-order valence-corrected chi connectivity index (χ4v) is 5.67. The summed E-state index contributed by atoms with van der Waals surface area (Å²) in [6.07, 6.45) is 2.61. The van der Waals surface area contributed by atoms with Gasteiger partial charge in [-0.3, -0.25) is 23.9 Å². The Labute approximate surface area is 257 Å². The van der Waals surface area contributed by atoms with E-state index in [0.717, 1.165) is 32.4 Å². The number of nitrogens with one attached hydrogen (secondary N) is 3. The lowest BCUT2D eigenvalue weighted by atomic mass is 10.00. The van der Waals surface area contributed by atoms with Crippen molar-refractivity contribution in [3.8, 4) is 22.4 Å². The first-order valence-corrected chi connectivity index (χ1v) is 14.4. The summed E-state index contributed by atoms with van der Waals surface area (Å²) in [7, 11) is 2.77. The van der Waals surface area contributed by atoms with Crippen molar-refractivity contribution < 1.29 is 9.59 Å². The molecular weight excluding hydrogens is 591 g/mol. The molecule has 4 aromatic rings. The molecule has 0 radical (unpaired) electrons. The molecule has 0 unspecified atom stereocenters. The number of aryl methyl sites for hydroxylation is 2. The Kier molecular flexibility index (Phi) is 8.82. The molecule has 1 aliphatic rings. The van der Waals surface area contributed by atoms with Crippen LogP contribution in [0.4, 0.5) is 5.69 Å². The largest absolute Gasteiger partial charge is 0.352 e. The number of carbonyl (C=O) groups is 2. The van der Waals surface area contributed by atoms with Crippen LogP contribution in [-0.4, -0.2) is 38.5 Å². The van der Waals surface area contributed by atoms with Crippen molar-refractivity contribution in [3.63, 3.8) is 0 Å². The highest BCUT2D eigenvalue weighted by molar-refractivity contribution is 6.39. The van der Waals surface area contributed by atoms with E-state index in [2.05, 4.69) is 16.0 Å². The minimum atomic E-state index is -0.712. The molecule has 0 saturated carbocycles. The first-order valence-electron chi connectivity index (χ1n) is 13.7. The van der Waals surface area contributed by atoms with Gasteiger partial charge in [0.1, 0.15) is 5.56 Å². The van der Waals surface area contributed by atoms with E-state index < -0.39 is 17.2 Å². The van der Waals surface area contributed by atoms with Crippen LogP contribution in [0.25, 0.3) is 22.4 Å². The average Bonchev–Trinajstić information content (AvgIpc) is 3.40. The molecule has 0 spiro atoms. The van der Waals surface area contributed by atoms with Gasteiger partial charge in [-0.1, -0.05) is 59.6 Å². The molecule has 3 heterocycles. The fourth-order valence-electron chi connectivity index (χ4n) is 5.07. The van der Waals surface area contributed by atoms with E-state index in [1.54, 1.807) is 18.2 Å². The summed E-state index contributed by atoms with van der Waals surface area (Å²) in [5, 5.41) is 9.71. The number of aromatic nitrogens is 3. The summed E-state index contributed by atoms with van der Waals surface area (Å²) in [5.74, 6) is -0.600. The Bertz CT molecular complexity index is 1870. The topological polar surface area (TPSA) is 127 Å². The van der Waals surface area contributed by atoms with Gasteiger partial charge in [0.25, 0.3) is 11.5 Å². The molecule has 3 N–H and O–H groups in total. The van der Waals surface area contributed by atoms with Gasteiger partial charge in [0.2, 0.25) is 5.91 Å². The summed E-state index contributed by atoms with van der Waals surface area (Å²) >= 11 is 13.7. The van der Waals surface area contributed by atoms with Crippen LogP contribution in [0.2, 0.25) is 10.0 Å². The Morgan fingerprint density at radius 2 is 1.70 bits per heavy atom. The highest BCUT2D eigenvalue weighted by atomic mass is 35.5. The molecule has 2 aromatic carbocycles. The lowest BCUT2D eigenvalue weighted by Gasteiger charge is -2.15. The SMILES string of the molecule is Cc1nc(-c2cccc(-c3cccc(NC(=O)c4cn(C)c(=O)n(C)c4=O)c3Cl)c2Cl)ccc1CNC[C@@H]1CCC(=O)N1. The van der Waals surface area contributed by atoms with Crippen LogP contribution in [0.5, 0.6) is 0 Å². The first-order chi connectivity index (χ1) is 20.5. The maximum absolute atomic E-state index is 13.0. The summed E-state index contributed by atoms with van der Waals surface area (Å²) < 4.78 is 2.03. The molecule has 0 bridgehead atoms. The van der Waals surface area contributed by atoms with Gasteiger partial charge in [0.15, 0.2) is 0 Å². The second-order valence-electron chi connectivity index (χ2n) is 10.5. The monoisotopic (exact) mass is 620 g/mol. The number of halogens is 2. The van der Waals surface area contributed by atoms with Gasteiger partial charge in [-0.15, -0.1) is 0 Å². The van der Waals surface area contributed by atoms with Crippen molar-refractivity contribution in [2.75, 3.05) is 11.9 Å². The van der Waals surface area contributed by atoms with Crippen molar-refractivity contribution >= 4 is 40.7 Å². The number of benzene rings is 2.